The minimum atomic E-state index is -1.17. The number of carbonyl (C=O) groups is 5. The Balaban J connectivity index is -0.000000101. The summed E-state index contributed by atoms with van der Waals surface area (Å²) in [6.07, 6.45) is 5.26. The number of hydrogen-bond acceptors (Lipinski definition) is 9. The van der Waals surface area contributed by atoms with Crippen LogP contribution in [0.3, 0.4) is 0 Å². The van der Waals surface area contributed by atoms with Crippen LogP contribution in [0.5, 0.6) is 0 Å². The Morgan fingerprint density at radius 2 is 1.20 bits per heavy atom. The second kappa shape index (κ2) is 26.9. The molecule has 0 aromatic heterocycles. The summed E-state index contributed by atoms with van der Waals surface area (Å²) in [5, 5.41) is 24.3. The van der Waals surface area contributed by atoms with Gasteiger partial charge in [-0.15, -0.1) is 0 Å². The molecule has 0 bridgehead atoms. The molecule has 0 aliphatic rings. The van der Waals surface area contributed by atoms with Crippen LogP contribution in [0.2, 0.25) is 0 Å². The number of nitrogens with two attached hydrogens (primary N) is 2. The van der Waals surface area contributed by atoms with Crippen molar-refractivity contribution in [3.63, 3.8) is 0 Å². The molecule has 1 atom stereocenters. The van der Waals surface area contributed by atoms with Gasteiger partial charge in [-0.1, -0.05) is 13.8 Å². The predicted octanol–water partition coefficient (Wildman–Crippen LogP) is -0.239. The quantitative estimate of drug-likeness (QED) is 0.154. The number of ether oxygens (including phenoxy) is 2. The van der Waals surface area contributed by atoms with E-state index in [0.717, 1.165) is 25.0 Å². The second-order valence-electron chi connectivity index (χ2n) is 4.62. The minimum Gasteiger partial charge on any atom is -0.480 e. The van der Waals surface area contributed by atoms with E-state index in [2.05, 4.69) is 9.47 Å². The van der Waals surface area contributed by atoms with E-state index in [1.54, 1.807) is 0 Å². The Labute approximate surface area is 200 Å². The van der Waals surface area contributed by atoms with Gasteiger partial charge in [0.1, 0.15) is 6.04 Å². The smallest absolute Gasteiger partial charge is 0.330 e. The van der Waals surface area contributed by atoms with Gasteiger partial charge in [-0.3, -0.25) is 4.79 Å². The van der Waals surface area contributed by atoms with E-state index in [1.165, 1.54) is 14.2 Å². The van der Waals surface area contributed by atoms with Gasteiger partial charge in [0.25, 0.3) is 0 Å². The maximum absolute atomic E-state index is 10.1. The molecule has 0 aliphatic heterocycles. The molecule has 0 saturated carbocycles. The van der Waals surface area contributed by atoms with Crippen LogP contribution >= 0.6 is 0 Å². The van der Waals surface area contributed by atoms with Crippen molar-refractivity contribution in [3.8, 4) is 0 Å². The number of esters is 2. The minimum absolute atomic E-state index is 0. The molecule has 171 valence electrons. The summed E-state index contributed by atoms with van der Waals surface area (Å²) in [4.78, 5) is 49.9. The average Bonchev–Trinajstić information content (AvgIpc) is 2.64. The van der Waals surface area contributed by atoms with Crippen LogP contribution in [0.1, 0.15) is 26.7 Å². The third-order valence-electron chi connectivity index (χ3n) is 2.41. The van der Waals surface area contributed by atoms with Crippen molar-refractivity contribution >= 4 is 29.8 Å². The molecule has 0 aliphatic carbocycles. The Morgan fingerprint density at radius 1 is 0.833 bits per heavy atom. The van der Waals surface area contributed by atoms with Crippen LogP contribution in [0.25, 0.3) is 0 Å². The van der Waals surface area contributed by atoms with E-state index in [4.69, 9.17) is 26.8 Å². The fraction of sp³-hybridized carbons (Fsp3) is 0.471. The number of unbranched alkanes of at least 4 members (excludes halogenated alkanes) is 1. The molecule has 13 heteroatoms. The van der Waals surface area contributed by atoms with Gasteiger partial charge in [0, 0.05) is 57.0 Å². The number of carbonyl (C=O) groups excluding carboxylic acids is 2. The largest absolute Gasteiger partial charge is 0.480 e. The molecule has 7 N–H and O–H groups in total. The van der Waals surface area contributed by atoms with Crippen LogP contribution in [-0.4, -0.2) is 72.0 Å². The van der Waals surface area contributed by atoms with Crippen molar-refractivity contribution in [2.24, 2.45) is 11.5 Å². The van der Waals surface area contributed by atoms with Crippen molar-refractivity contribution < 1.29 is 81.5 Å². The van der Waals surface area contributed by atoms with Crippen LogP contribution in [-0.2, 0) is 66.2 Å². The fourth-order valence-corrected chi connectivity index (χ4v) is 1.05. The fourth-order valence-electron chi connectivity index (χ4n) is 1.05. The van der Waals surface area contributed by atoms with Gasteiger partial charge in [0.05, 0.1) is 14.2 Å². The third kappa shape index (κ3) is 36.7. The van der Waals surface area contributed by atoms with E-state index < -0.39 is 35.9 Å². The first kappa shape index (κ1) is 38.5. The topological polar surface area (TPSA) is 217 Å². The van der Waals surface area contributed by atoms with Gasteiger partial charge < -0.3 is 36.3 Å². The summed E-state index contributed by atoms with van der Waals surface area (Å²) in [7, 11) is 2.35. The van der Waals surface area contributed by atoms with Crippen LogP contribution < -0.4 is 11.5 Å². The number of aliphatic carboxylic acids is 3. The molecular weight excluding hydrogens is 481 g/mol. The Hall–Kier alpha value is -2.15. The van der Waals surface area contributed by atoms with Crippen LogP contribution in [0, 0.1) is 0 Å². The normalized spacial score (nSPS) is 10.0. The maximum atomic E-state index is 10.1. The second-order valence-corrected chi connectivity index (χ2v) is 4.62. The van der Waals surface area contributed by atoms with Gasteiger partial charge in [-0.05, 0) is 19.4 Å². The van der Waals surface area contributed by atoms with Gasteiger partial charge in [-0.25, -0.2) is 19.2 Å². The molecule has 30 heavy (non-hydrogen) atoms. The zero-order valence-corrected chi connectivity index (χ0v) is 19.0. The molecule has 0 amide bonds. The molecule has 0 heterocycles. The Kier molecular flexibility index (Phi) is 34.4. The molecule has 0 spiro atoms. The maximum Gasteiger partial charge on any atom is 0.330 e. The van der Waals surface area contributed by atoms with E-state index in [0.29, 0.717) is 25.1 Å². The molecule has 12 nitrogen and oxygen atoms in total. The third-order valence-corrected chi connectivity index (χ3v) is 2.41. The molecular formula is C17H30N2O10Y. The number of hydrogen-bond donors (Lipinski definition) is 5. The summed E-state index contributed by atoms with van der Waals surface area (Å²) >= 11 is 0. The van der Waals surface area contributed by atoms with Gasteiger partial charge in [0.2, 0.25) is 0 Å². The summed E-state index contributed by atoms with van der Waals surface area (Å²) in [6.45, 7) is 0.604. The first-order valence-electron chi connectivity index (χ1n) is 7.68. The first-order chi connectivity index (χ1) is 13.0. The molecule has 0 rings (SSSR count). The van der Waals surface area contributed by atoms with Crippen LogP contribution in [0.4, 0.5) is 0 Å². The standard InChI is InChI=1S/C6H14N2O2.2C5H6O4.CH4.Y/c7-4-2-1-3-5(8)6(9)10;2*1-9-5(8)3-2-4(6)7;;/h5H,1-4,7-8H2,(H,9,10);2*2-3H,1H3,(H,6,7);1H4;/b;2*3-2+;;. The molecule has 0 aromatic rings. The van der Waals surface area contributed by atoms with E-state index in [-0.39, 0.29) is 40.1 Å². The SMILES string of the molecule is C.COC(=O)/C=C/C(=O)O.COC(=O)/C=C/C(=O)O.NCCCCC(N)C(=O)O.[Y]. The molecule has 0 saturated heterocycles. The van der Waals surface area contributed by atoms with Crippen molar-refractivity contribution in [3.05, 3.63) is 24.3 Å². The van der Waals surface area contributed by atoms with Gasteiger partial charge in [-0.2, -0.15) is 0 Å². The number of methoxy groups -OCH3 is 2. The molecule has 1 radical (unpaired) electrons. The van der Waals surface area contributed by atoms with E-state index >= 15 is 0 Å². The van der Waals surface area contributed by atoms with Crippen molar-refractivity contribution in [2.45, 2.75) is 32.7 Å². The predicted molar refractivity (Wildman–Crippen MR) is 103 cm³/mol. The summed E-state index contributed by atoms with van der Waals surface area (Å²) in [6, 6.07) is -0.716. The van der Waals surface area contributed by atoms with Gasteiger partial charge in [0.15, 0.2) is 0 Å². The molecule has 0 aromatic carbocycles. The van der Waals surface area contributed by atoms with Crippen molar-refractivity contribution in [2.75, 3.05) is 20.8 Å². The Morgan fingerprint density at radius 3 is 1.43 bits per heavy atom. The van der Waals surface area contributed by atoms with Crippen LogP contribution in [0.15, 0.2) is 24.3 Å². The summed E-state index contributed by atoms with van der Waals surface area (Å²) < 4.78 is 8.22. The summed E-state index contributed by atoms with van der Waals surface area (Å²) in [5.41, 5.74) is 10.4. The zero-order valence-electron chi connectivity index (χ0n) is 16.1. The van der Waals surface area contributed by atoms with E-state index in [1.807, 2.05) is 0 Å². The molecule has 0 fully saturated rings. The number of rotatable bonds is 9. The molecule has 1 unspecified atom stereocenters. The van der Waals surface area contributed by atoms with Crippen molar-refractivity contribution in [1.29, 1.82) is 0 Å². The number of carboxylic acid groups (broad SMARTS) is 3. The van der Waals surface area contributed by atoms with Gasteiger partial charge >= 0.3 is 29.8 Å². The summed E-state index contributed by atoms with van der Waals surface area (Å²) in [5.74, 6) is -4.60. The van der Waals surface area contributed by atoms with E-state index in [9.17, 15) is 24.0 Å². The first-order valence-corrected chi connectivity index (χ1v) is 7.68. The Bertz CT molecular complexity index is 529. The monoisotopic (exact) mass is 511 g/mol. The average molecular weight is 511 g/mol. The number of carboxylic acids is 3. The van der Waals surface area contributed by atoms with Crippen molar-refractivity contribution in [1.82, 2.24) is 0 Å². The zero-order chi connectivity index (χ0) is 22.5.